The molecular weight excluding hydrogens is 294 g/mol. The van der Waals surface area contributed by atoms with Crippen LogP contribution >= 0.6 is 15.9 Å². The van der Waals surface area contributed by atoms with Crippen molar-refractivity contribution in [3.63, 3.8) is 0 Å². The fourth-order valence-electron chi connectivity index (χ4n) is 1.36. The highest BCUT2D eigenvalue weighted by Gasteiger charge is 2.11. The lowest BCUT2D eigenvalue weighted by atomic mass is 10.3. The normalized spacial score (nSPS) is 10.6. The van der Waals surface area contributed by atoms with Gasteiger partial charge in [-0.2, -0.15) is 5.10 Å². The minimum Gasteiger partial charge on any atom is -0.373 e. The molecule has 1 aromatic heterocycles. The quantitative estimate of drug-likeness (QED) is 0.947. The van der Waals surface area contributed by atoms with E-state index in [1.54, 1.807) is 7.05 Å². The highest BCUT2D eigenvalue weighted by molar-refractivity contribution is 9.10. The number of aromatic nitrogens is 3. The summed E-state index contributed by atoms with van der Waals surface area (Å²) in [5, 5.41) is 6.52. The van der Waals surface area contributed by atoms with E-state index in [0.717, 1.165) is 0 Å². The largest absolute Gasteiger partial charge is 0.373 e. The van der Waals surface area contributed by atoms with E-state index in [4.69, 9.17) is 0 Å². The fraction of sp³-hybridized carbons (Fsp3) is 0.200. The van der Waals surface area contributed by atoms with Crippen molar-refractivity contribution in [2.75, 3.05) is 5.32 Å². The molecule has 0 saturated carbocycles. The van der Waals surface area contributed by atoms with Gasteiger partial charge in [-0.25, -0.2) is 13.8 Å². The number of rotatable bonds is 3. The minimum absolute atomic E-state index is 0.170. The molecule has 0 aliphatic heterocycles. The van der Waals surface area contributed by atoms with E-state index in [1.807, 2.05) is 0 Å². The lowest BCUT2D eigenvalue weighted by Crippen LogP contribution is -2.09. The summed E-state index contributed by atoms with van der Waals surface area (Å²) in [6, 6.07) is 2.39. The summed E-state index contributed by atoms with van der Waals surface area (Å²) >= 11 is 3.01. The topological polar surface area (TPSA) is 42.7 Å². The van der Waals surface area contributed by atoms with Gasteiger partial charge in [0, 0.05) is 11.5 Å². The summed E-state index contributed by atoms with van der Waals surface area (Å²) < 4.78 is 28.8. The molecule has 1 aromatic carbocycles. The maximum atomic E-state index is 13.5. The number of halogens is 3. The van der Waals surface area contributed by atoms with Crippen LogP contribution in [0, 0.1) is 11.6 Å². The van der Waals surface area contributed by atoms with E-state index in [-0.39, 0.29) is 12.2 Å². The Bertz CT molecular complexity index is 518. The molecule has 0 radical (unpaired) electrons. The fourth-order valence-corrected chi connectivity index (χ4v) is 1.76. The second-order valence-corrected chi connectivity index (χ2v) is 4.31. The summed E-state index contributed by atoms with van der Waals surface area (Å²) in [4.78, 5) is 3.94. The average molecular weight is 303 g/mol. The van der Waals surface area contributed by atoms with E-state index in [1.165, 1.54) is 23.1 Å². The Kier molecular flexibility index (Phi) is 3.37. The lowest BCUT2D eigenvalue weighted by Gasteiger charge is -2.08. The number of nitrogens with zero attached hydrogens (tertiary/aromatic N) is 3. The summed E-state index contributed by atoms with van der Waals surface area (Å²) in [7, 11) is 1.71. The van der Waals surface area contributed by atoms with Gasteiger partial charge in [0.05, 0.1) is 6.54 Å². The van der Waals surface area contributed by atoms with Crippen LogP contribution in [0.3, 0.4) is 0 Å². The molecule has 2 rings (SSSR count). The van der Waals surface area contributed by atoms with Crippen LogP contribution in [-0.2, 0) is 13.6 Å². The third-order valence-electron chi connectivity index (χ3n) is 2.24. The molecule has 0 bridgehead atoms. The van der Waals surface area contributed by atoms with Crippen LogP contribution in [0.25, 0.3) is 0 Å². The molecule has 0 aliphatic rings. The van der Waals surface area contributed by atoms with Crippen molar-refractivity contribution in [3.8, 4) is 0 Å². The number of hydrogen-bond donors (Lipinski definition) is 1. The first-order valence-electron chi connectivity index (χ1n) is 4.79. The molecule has 0 saturated heterocycles. The first kappa shape index (κ1) is 12.0. The summed E-state index contributed by atoms with van der Waals surface area (Å²) in [6.07, 6.45) is 1.38. The van der Waals surface area contributed by atoms with Gasteiger partial charge < -0.3 is 5.32 Å². The average Bonchev–Trinajstić information content (AvgIpc) is 2.62. The third-order valence-corrected chi connectivity index (χ3v) is 2.69. The minimum atomic E-state index is -0.654. The smallest absolute Gasteiger partial charge is 0.150 e. The molecule has 0 atom stereocenters. The van der Waals surface area contributed by atoms with Crippen molar-refractivity contribution in [2.45, 2.75) is 6.54 Å². The van der Waals surface area contributed by atoms with E-state index in [0.29, 0.717) is 10.3 Å². The molecule has 2 aromatic rings. The number of hydrogen-bond acceptors (Lipinski definition) is 3. The predicted octanol–water partition coefficient (Wildman–Crippen LogP) is 2.47. The van der Waals surface area contributed by atoms with Crippen molar-refractivity contribution in [1.29, 1.82) is 0 Å². The highest BCUT2D eigenvalue weighted by atomic mass is 79.9. The van der Waals surface area contributed by atoms with Crippen LogP contribution in [0.5, 0.6) is 0 Å². The van der Waals surface area contributed by atoms with Crippen LogP contribution in [0.15, 0.2) is 22.9 Å². The highest BCUT2D eigenvalue weighted by Crippen LogP contribution is 2.23. The Balaban J connectivity index is 2.17. The molecule has 0 amide bonds. The molecule has 1 heterocycles. The first-order chi connectivity index (χ1) is 8.08. The number of anilines is 1. The van der Waals surface area contributed by atoms with Gasteiger partial charge in [-0.1, -0.05) is 15.9 Å². The van der Waals surface area contributed by atoms with Crippen LogP contribution in [-0.4, -0.2) is 14.8 Å². The zero-order valence-corrected chi connectivity index (χ0v) is 10.5. The summed E-state index contributed by atoms with van der Waals surface area (Å²) in [6.45, 7) is 0.200. The molecule has 17 heavy (non-hydrogen) atoms. The van der Waals surface area contributed by atoms with E-state index in [2.05, 4.69) is 31.3 Å². The van der Waals surface area contributed by atoms with Crippen molar-refractivity contribution in [1.82, 2.24) is 14.8 Å². The van der Waals surface area contributed by atoms with Crippen LogP contribution in [0.4, 0.5) is 14.5 Å². The number of nitrogens with one attached hydrogen (secondary N) is 1. The molecule has 0 fully saturated rings. The molecule has 0 aliphatic carbocycles. The standard InChI is InChI=1S/C10H9BrF2N4/c1-17-9(15-5-16-17)4-14-10-7(12)2-6(11)3-8(10)13/h2-3,5,14H,4H2,1H3. The Morgan fingerprint density at radius 3 is 2.53 bits per heavy atom. The zero-order chi connectivity index (χ0) is 12.4. The maximum Gasteiger partial charge on any atom is 0.150 e. The van der Waals surface area contributed by atoms with Crippen molar-refractivity contribution in [2.24, 2.45) is 7.05 Å². The Morgan fingerprint density at radius 2 is 2.00 bits per heavy atom. The van der Waals surface area contributed by atoms with Gasteiger partial charge >= 0.3 is 0 Å². The molecule has 1 N–H and O–H groups in total. The molecular formula is C10H9BrF2N4. The first-order valence-corrected chi connectivity index (χ1v) is 5.58. The molecule has 0 unspecified atom stereocenters. The van der Waals surface area contributed by atoms with E-state index < -0.39 is 11.6 Å². The van der Waals surface area contributed by atoms with Gasteiger partial charge in [0.2, 0.25) is 0 Å². The van der Waals surface area contributed by atoms with Gasteiger partial charge in [-0.15, -0.1) is 0 Å². The maximum absolute atomic E-state index is 13.5. The second kappa shape index (κ2) is 4.79. The SMILES string of the molecule is Cn1ncnc1CNc1c(F)cc(Br)cc1F. The second-order valence-electron chi connectivity index (χ2n) is 3.40. The molecule has 4 nitrogen and oxygen atoms in total. The monoisotopic (exact) mass is 302 g/mol. The van der Waals surface area contributed by atoms with Crippen LogP contribution in [0.1, 0.15) is 5.82 Å². The third kappa shape index (κ3) is 2.60. The van der Waals surface area contributed by atoms with Crippen LogP contribution < -0.4 is 5.32 Å². The van der Waals surface area contributed by atoms with Crippen molar-refractivity contribution < 1.29 is 8.78 Å². The Labute approximate surface area is 105 Å². The molecule has 0 spiro atoms. The van der Waals surface area contributed by atoms with E-state index >= 15 is 0 Å². The number of benzene rings is 1. The zero-order valence-electron chi connectivity index (χ0n) is 8.91. The van der Waals surface area contributed by atoms with Gasteiger partial charge in [0.15, 0.2) is 0 Å². The predicted molar refractivity (Wildman–Crippen MR) is 62.4 cm³/mol. The Hall–Kier alpha value is -1.50. The van der Waals surface area contributed by atoms with Gasteiger partial charge in [0.25, 0.3) is 0 Å². The van der Waals surface area contributed by atoms with Gasteiger partial charge in [-0.3, -0.25) is 4.68 Å². The van der Waals surface area contributed by atoms with Gasteiger partial charge in [0.1, 0.15) is 29.5 Å². The van der Waals surface area contributed by atoms with E-state index in [9.17, 15) is 8.78 Å². The molecule has 7 heteroatoms. The van der Waals surface area contributed by atoms with Gasteiger partial charge in [-0.05, 0) is 12.1 Å². The van der Waals surface area contributed by atoms with Crippen molar-refractivity contribution >= 4 is 21.6 Å². The summed E-state index contributed by atoms with van der Waals surface area (Å²) in [5.74, 6) is -0.718. The lowest BCUT2D eigenvalue weighted by molar-refractivity contribution is 0.585. The number of aryl methyl sites for hydroxylation is 1. The Morgan fingerprint density at radius 1 is 1.35 bits per heavy atom. The summed E-state index contributed by atoms with van der Waals surface area (Å²) in [5.41, 5.74) is -0.170. The van der Waals surface area contributed by atoms with Crippen molar-refractivity contribution in [3.05, 3.63) is 40.4 Å². The molecule has 90 valence electrons. The van der Waals surface area contributed by atoms with Crippen LogP contribution in [0.2, 0.25) is 0 Å².